The number of hydrogen-bond acceptors (Lipinski definition) is 4. The van der Waals surface area contributed by atoms with Crippen molar-refractivity contribution in [2.24, 2.45) is 5.92 Å². The van der Waals surface area contributed by atoms with Crippen molar-refractivity contribution in [3.63, 3.8) is 0 Å². The van der Waals surface area contributed by atoms with Gasteiger partial charge in [0, 0.05) is 12.2 Å². The van der Waals surface area contributed by atoms with E-state index in [2.05, 4.69) is 30.9 Å². The molecular weight excluding hydrogens is 337 g/mol. The first-order valence-electron chi connectivity index (χ1n) is 8.06. The van der Waals surface area contributed by atoms with Crippen molar-refractivity contribution in [3.8, 4) is 0 Å². The summed E-state index contributed by atoms with van der Waals surface area (Å²) in [5.41, 5.74) is 1.12. The summed E-state index contributed by atoms with van der Waals surface area (Å²) in [5.74, 6) is -0.0347. The number of aromatic amines is 1. The molecule has 2 amide bonds. The maximum absolute atomic E-state index is 12.9. The molecule has 0 saturated carbocycles. The van der Waals surface area contributed by atoms with Gasteiger partial charge < -0.3 is 15.6 Å². The topological polar surface area (TPSA) is 94.7 Å². The summed E-state index contributed by atoms with van der Waals surface area (Å²) in [6, 6.07) is 0.00964. The Morgan fingerprint density at radius 2 is 2.12 bits per heavy atom. The minimum absolute atomic E-state index is 0.181. The van der Waals surface area contributed by atoms with Crippen LogP contribution in [0.2, 0.25) is 0 Å². The van der Waals surface area contributed by atoms with Gasteiger partial charge in [-0.25, -0.2) is 14.8 Å². The number of rotatable bonds is 4. The molecule has 7 nitrogen and oxygen atoms in total. The molecule has 1 atom stereocenters. The maximum Gasteiger partial charge on any atom is 0.391 e. The lowest BCUT2D eigenvalue weighted by Gasteiger charge is -2.31. The second kappa shape index (κ2) is 7.26. The standard InChI is InChI=1S/C15H19F3N6O/c16-15(17,18)7-11(9-1-4-19-5-2-9)23-14(25)24-12-8-21-13-10(22-12)3-6-20-13/h3,6,8-9,11,19H,1-2,4-5,7H2,(H,20,21)(H2,22,23,24,25). The summed E-state index contributed by atoms with van der Waals surface area (Å²) in [5, 5.41) is 8.03. The highest BCUT2D eigenvalue weighted by Crippen LogP contribution is 2.28. The van der Waals surface area contributed by atoms with Gasteiger partial charge in [0.25, 0.3) is 0 Å². The van der Waals surface area contributed by atoms with Crippen LogP contribution in [0.3, 0.4) is 0 Å². The van der Waals surface area contributed by atoms with Gasteiger partial charge in [0.1, 0.15) is 5.52 Å². The lowest BCUT2D eigenvalue weighted by molar-refractivity contribution is -0.142. The number of halogens is 3. The third-order valence-electron chi connectivity index (χ3n) is 4.22. The van der Waals surface area contributed by atoms with E-state index in [0.717, 1.165) is 0 Å². The first kappa shape index (κ1) is 17.5. The highest BCUT2D eigenvalue weighted by molar-refractivity contribution is 5.89. The Morgan fingerprint density at radius 1 is 1.36 bits per heavy atom. The van der Waals surface area contributed by atoms with Crippen LogP contribution in [-0.4, -0.2) is 46.3 Å². The Labute approximate surface area is 141 Å². The second-order valence-corrected chi connectivity index (χ2v) is 6.08. The van der Waals surface area contributed by atoms with Crippen LogP contribution >= 0.6 is 0 Å². The number of aromatic nitrogens is 3. The fourth-order valence-electron chi connectivity index (χ4n) is 3.04. The molecule has 0 bridgehead atoms. The van der Waals surface area contributed by atoms with Gasteiger partial charge in [0.2, 0.25) is 0 Å². The Kier molecular flexibility index (Phi) is 5.07. The summed E-state index contributed by atoms with van der Waals surface area (Å²) in [7, 11) is 0. The average Bonchev–Trinajstić information content (AvgIpc) is 3.01. The minimum atomic E-state index is -4.34. The van der Waals surface area contributed by atoms with E-state index in [4.69, 9.17) is 0 Å². The molecular formula is C15H19F3N6O. The number of hydrogen-bond donors (Lipinski definition) is 4. The van der Waals surface area contributed by atoms with Gasteiger partial charge in [-0.2, -0.15) is 13.2 Å². The number of carbonyl (C=O) groups excluding carboxylic acids is 1. The normalized spacial score (nSPS) is 17.4. The van der Waals surface area contributed by atoms with Crippen molar-refractivity contribution < 1.29 is 18.0 Å². The van der Waals surface area contributed by atoms with E-state index >= 15 is 0 Å². The van der Waals surface area contributed by atoms with Gasteiger partial charge in [0.05, 0.1) is 12.6 Å². The van der Waals surface area contributed by atoms with E-state index in [1.165, 1.54) is 6.20 Å². The van der Waals surface area contributed by atoms with Gasteiger partial charge in [-0.1, -0.05) is 0 Å². The van der Waals surface area contributed by atoms with Crippen LogP contribution in [0.4, 0.5) is 23.8 Å². The molecule has 25 heavy (non-hydrogen) atoms. The molecule has 3 heterocycles. The molecule has 0 radical (unpaired) electrons. The molecule has 3 rings (SSSR count). The second-order valence-electron chi connectivity index (χ2n) is 6.08. The molecule has 2 aromatic heterocycles. The number of anilines is 1. The molecule has 1 fully saturated rings. The molecule has 1 aliphatic heterocycles. The third-order valence-corrected chi connectivity index (χ3v) is 4.22. The summed E-state index contributed by atoms with van der Waals surface area (Å²) >= 11 is 0. The number of amides is 2. The Hall–Kier alpha value is -2.36. The van der Waals surface area contributed by atoms with Gasteiger partial charge in [-0.3, -0.25) is 5.32 Å². The van der Waals surface area contributed by atoms with Gasteiger partial charge in [-0.05, 0) is 37.9 Å². The number of fused-ring (bicyclic) bond motifs is 1. The molecule has 10 heteroatoms. The lowest BCUT2D eigenvalue weighted by atomic mass is 9.88. The van der Waals surface area contributed by atoms with Crippen LogP contribution < -0.4 is 16.0 Å². The highest BCUT2D eigenvalue weighted by atomic mass is 19.4. The molecule has 1 saturated heterocycles. The van der Waals surface area contributed by atoms with Crippen molar-refractivity contribution in [1.82, 2.24) is 25.6 Å². The first-order chi connectivity index (χ1) is 11.9. The van der Waals surface area contributed by atoms with Crippen molar-refractivity contribution in [1.29, 1.82) is 0 Å². The highest BCUT2D eigenvalue weighted by Gasteiger charge is 2.37. The molecule has 0 aromatic carbocycles. The number of H-pyrrole nitrogens is 1. The lowest BCUT2D eigenvalue weighted by Crippen LogP contribution is -2.47. The minimum Gasteiger partial charge on any atom is -0.345 e. The van der Waals surface area contributed by atoms with Crippen molar-refractivity contribution >= 4 is 23.0 Å². The summed E-state index contributed by atoms with van der Waals surface area (Å²) in [4.78, 5) is 23.3. The zero-order valence-corrected chi connectivity index (χ0v) is 13.4. The van der Waals surface area contributed by atoms with Gasteiger partial charge in [0.15, 0.2) is 11.5 Å². The summed E-state index contributed by atoms with van der Waals surface area (Å²) in [6.45, 7) is 1.30. The number of urea groups is 1. The number of piperidine rings is 1. The SMILES string of the molecule is O=C(Nc1cnc2[nH]ccc2n1)NC(CC(F)(F)F)C1CCNCC1. The smallest absolute Gasteiger partial charge is 0.345 e. The zero-order valence-electron chi connectivity index (χ0n) is 13.4. The fourth-order valence-corrected chi connectivity index (χ4v) is 3.04. The molecule has 1 aliphatic rings. The zero-order chi connectivity index (χ0) is 17.9. The Balaban J connectivity index is 1.65. The average molecular weight is 356 g/mol. The predicted octanol–water partition coefficient (Wildman–Crippen LogP) is 2.40. The van der Waals surface area contributed by atoms with E-state index in [1.54, 1.807) is 12.3 Å². The third kappa shape index (κ3) is 4.81. The van der Waals surface area contributed by atoms with Crippen LogP contribution in [0, 0.1) is 5.92 Å². The molecule has 136 valence electrons. The molecule has 4 N–H and O–H groups in total. The monoisotopic (exact) mass is 356 g/mol. The van der Waals surface area contributed by atoms with E-state index in [9.17, 15) is 18.0 Å². The van der Waals surface area contributed by atoms with Crippen molar-refractivity contribution in [3.05, 3.63) is 18.5 Å². The first-order valence-corrected chi connectivity index (χ1v) is 8.06. The van der Waals surface area contributed by atoms with Crippen LogP contribution in [0.1, 0.15) is 19.3 Å². The van der Waals surface area contributed by atoms with Gasteiger partial charge in [-0.15, -0.1) is 0 Å². The number of alkyl halides is 3. The van der Waals surface area contributed by atoms with Crippen LogP contribution in [0.5, 0.6) is 0 Å². The summed E-state index contributed by atoms with van der Waals surface area (Å²) in [6.07, 6.45) is -1.20. The molecule has 0 aliphatic carbocycles. The van der Waals surface area contributed by atoms with E-state index in [0.29, 0.717) is 37.1 Å². The Bertz CT molecular complexity index is 725. The number of carbonyl (C=O) groups is 1. The van der Waals surface area contributed by atoms with Gasteiger partial charge >= 0.3 is 12.2 Å². The Morgan fingerprint density at radius 3 is 2.84 bits per heavy atom. The van der Waals surface area contributed by atoms with Crippen molar-refractivity contribution in [2.45, 2.75) is 31.5 Å². The van der Waals surface area contributed by atoms with E-state index in [-0.39, 0.29) is 11.7 Å². The van der Waals surface area contributed by atoms with E-state index in [1.807, 2.05) is 0 Å². The summed E-state index contributed by atoms with van der Waals surface area (Å²) < 4.78 is 38.6. The van der Waals surface area contributed by atoms with Crippen LogP contribution in [0.15, 0.2) is 18.5 Å². The van der Waals surface area contributed by atoms with Crippen LogP contribution in [-0.2, 0) is 0 Å². The predicted molar refractivity (Wildman–Crippen MR) is 86.1 cm³/mol. The molecule has 2 aromatic rings. The quantitative estimate of drug-likeness (QED) is 0.677. The fraction of sp³-hybridized carbons (Fsp3) is 0.533. The number of nitrogens with one attached hydrogen (secondary N) is 4. The van der Waals surface area contributed by atoms with Crippen LogP contribution in [0.25, 0.3) is 11.2 Å². The number of nitrogens with zero attached hydrogens (tertiary/aromatic N) is 2. The molecule has 1 unspecified atom stereocenters. The van der Waals surface area contributed by atoms with Crippen molar-refractivity contribution in [2.75, 3.05) is 18.4 Å². The molecule has 0 spiro atoms. The maximum atomic E-state index is 12.9. The van der Waals surface area contributed by atoms with E-state index < -0.39 is 24.7 Å². The largest absolute Gasteiger partial charge is 0.391 e.